The summed E-state index contributed by atoms with van der Waals surface area (Å²) in [7, 11) is 0. The van der Waals surface area contributed by atoms with Crippen molar-refractivity contribution in [3.8, 4) is 0 Å². The Labute approximate surface area is 231 Å². The summed E-state index contributed by atoms with van der Waals surface area (Å²) in [5.74, 6) is 0.127. The van der Waals surface area contributed by atoms with Crippen LogP contribution in [0.5, 0.6) is 0 Å². The number of anilines is 2. The molecule has 0 aliphatic heterocycles. The molecule has 2 N–H and O–H groups in total. The Hall–Kier alpha value is -4.82. The molecule has 0 aliphatic rings. The highest BCUT2D eigenvalue weighted by Gasteiger charge is 2.19. The van der Waals surface area contributed by atoms with Crippen molar-refractivity contribution in [3.05, 3.63) is 179 Å². The Morgan fingerprint density at radius 3 is 1.41 bits per heavy atom. The Morgan fingerprint density at radius 1 is 0.410 bits per heavy atom. The van der Waals surface area contributed by atoms with E-state index >= 15 is 0 Å². The lowest BCUT2D eigenvalue weighted by Gasteiger charge is -2.22. The zero-order valence-electron chi connectivity index (χ0n) is 21.9. The van der Waals surface area contributed by atoms with Gasteiger partial charge in [0.1, 0.15) is 0 Å². The summed E-state index contributed by atoms with van der Waals surface area (Å²) >= 11 is 0. The normalized spacial score (nSPS) is 11.0. The zero-order valence-corrected chi connectivity index (χ0v) is 21.9. The molecule has 6 rings (SSSR count). The van der Waals surface area contributed by atoms with Crippen molar-refractivity contribution < 1.29 is 0 Å². The fraction of sp³-hybridized carbons (Fsp3) is 0.0811. The van der Waals surface area contributed by atoms with Gasteiger partial charge in [-0.15, -0.1) is 0 Å². The maximum atomic E-state index is 3.56. The molecule has 0 heterocycles. The van der Waals surface area contributed by atoms with Gasteiger partial charge in [0.25, 0.3) is 0 Å². The lowest BCUT2D eigenvalue weighted by Crippen LogP contribution is -2.06. The molecule has 0 spiro atoms. The summed E-state index contributed by atoms with van der Waals surface area (Å²) in [6, 6.07) is 54.2. The molecule has 0 radical (unpaired) electrons. The van der Waals surface area contributed by atoms with E-state index in [1.54, 1.807) is 0 Å². The third-order valence-corrected chi connectivity index (χ3v) is 7.30. The molecule has 39 heavy (non-hydrogen) atoms. The van der Waals surface area contributed by atoms with E-state index in [1.165, 1.54) is 38.6 Å². The van der Waals surface area contributed by atoms with Gasteiger partial charge in [0.05, 0.1) is 0 Å². The number of hydrogen-bond acceptors (Lipinski definition) is 2. The minimum absolute atomic E-state index is 0.127. The average molecular weight is 505 g/mol. The molecule has 0 bridgehead atoms. The molecular formula is C37H32N2. The fourth-order valence-electron chi connectivity index (χ4n) is 5.24. The molecule has 0 unspecified atom stereocenters. The predicted molar refractivity (Wildman–Crippen MR) is 165 cm³/mol. The molecule has 0 aromatic heterocycles. The SMILES string of the molecule is c1ccc(CNc2ccc(C(c3ccc(NCc4ccccc4)cc3)c3cccc4ccccc34)cc2)cc1. The molecule has 0 saturated heterocycles. The minimum Gasteiger partial charge on any atom is -0.381 e. The quantitative estimate of drug-likeness (QED) is 0.192. The van der Waals surface area contributed by atoms with Crippen molar-refractivity contribution in [2.24, 2.45) is 0 Å². The van der Waals surface area contributed by atoms with Gasteiger partial charge in [-0.05, 0) is 62.9 Å². The number of hydrogen-bond donors (Lipinski definition) is 2. The van der Waals surface area contributed by atoms with Crippen molar-refractivity contribution in [3.63, 3.8) is 0 Å². The minimum atomic E-state index is 0.127. The fourth-order valence-corrected chi connectivity index (χ4v) is 5.24. The summed E-state index contributed by atoms with van der Waals surface area (Å²) in [5.41, 5.74) is 8.68. The molecule has 6 aromatic rings. The van der Waals surface area contributed by atoms with Crippen LogP contribution in [0.3, 0.4) is 0 Å². The molecule has 0 aliphatic carbocycles. The standard InChI is InChI=1S/C37H32N2/c1-3-10-28(11-4-1)26-38-33-22-18-31(19-23-33)37(36-17-9-15-30-14-7-8-16-35(30)36)32-20-24-34(25-21-32)39-27-29-12-5-2-6-13-29/h1-25,37-39H,26-27H2. The molecule has 190 valence electrons. The molecule has 6 aromatic carbocycles. The van der Waals surface area contributed by atoms with Gasteiger partial charge in [-0.25, -0.2) is 0 Å². The van der Waals surface area contributed by atoms with Crippen LogP contribution in [-0.2, 0) is 13.1 Å². The molecule has 2 nitrogen and oxygen atoms in total. The van der Waals surface area contributed by atoms with E-state index in [0.717, 1.165) is 24.5 Å². The summed E-state index contributed by atoms with van der Waals surface area (Å²) in [6.07, 6.45) is 0. The molecule has 0 amide bonds. The molecule has 2 heteroatoms. The van der Waals surface area contributed by atoms with E-state index in [-0.39, 0.29) is 5.92 Å². The second kappa shape index (κ2) is 11.7. The van der Waals surface area contributed by atoms with Crippen molar-refractivity contribution >= 4 is 22.1 Å². The van der Waals surface area contributed by atoms with Crippen LogP contribution >= 0.6 is 0 Å². The summed E-state index contributed by atoms with van der Waals surface area (Å²) in [5, 5.41) is 9.69. The van der Waals surface area contributed by atoms with Crippen LogP contribution in [0.1, 0.15) is 33.7 Å². The van der Waals surface area contributed by atoms with Gasteiger partial charge in [0.15, 0.2) is 0 Å². The van der Waals surface area contributed by atoms with Gasteiger partial charge in [-0.3, -0.25) is 0 Å². The van der Waals surface area contributed by atoms with Gasteiger partial charge in [0.2, 0.25) is 0 Å². The highest BCUT2D eigenvalue weighted by molar-refractivity contribution is 5.87. The Balaban J connectivity index is 1.29. The van der Waals surface area contributed by atoms with E-state index in [2.05, 4.69) is 162 Å². The van der Waals surface area contributed by atoms with E-state index < -0.39 is 0 Å². The lowest BCUT2D eigenvalue weighted by molar-refractivity contribution is 0.987. The van der Waals surface area contributed by atoms with Gasteiger partial charge in [-0.2, -0.15) is 0 Å². The topological polar surface area (TPSA) is 24.1 Å². The number of benzene rings is 6. The van der Waals surface area contributed by atoms with Crippen LogP contribution in [0, 0.1) is 0 Å². The molecule has 0 saturated carbocycles. The van der Waals surface area contributed by atoms with Crippen LogP contribution in [0.4, 0.5) is 11.4 Å². The first-order valence-corrected chi connectivity index (χ1v) is 13.6. The second-order valence-corrected chi connectivity index (χ2v) is 9.92. The first-order valence-electron chi connectivity index (χ1n) is 13.6. The monoisotopic (exact) mass is 504 g/mol. The molecular weight excluding hydrogens is 472 g/mol. The lowest BCUT2D eigenvalue weighted by atomic mass is 9.82. The smallest absolute Gasteiger partial charge is 0.0400 e. The van der Waals surface area contributed by atoms with Crippen molar-refractivity contribution in [1.82, 2.24) is 0 Å². The van der Waals surface area contributed by atoms with Gasteiger partial charge < -0.3 is 10.6 Å². The Kier molecular flexibility index (Phi) is 7.36. The van der Waals surface area contributed by atoms with Crippen LogP contribution < -0.4 is 10.6 Å². The van der Waals surface area contributed by atoms with Crippen LogP contribution in [0.15, 0.2) is 152 Å². The largest absolute Gasteiger partial charge is 0.381 e. The zero-order chi connectivity index (χ0) is 26.3. The molecule has 0 fully saturated rings. The summed E-state index contributed by atoms with van der Waals surface area (Å²) in [6.45, 7) is 1.62. The first-order chi connectivity index (χ1) is 19.3. The third-order valence-electron chi connectivity index (χ3n) is 7.30. The Bertz CT molecular complexity index is 1530. The maximum absolute atomic E-state index is 3.56. The van der Waals surface area contributed by atoms with Gasteiger partial charge in [-0.1, -0.05) is 127 Å². The van der Waals surface area contributed by atoms with Crippen molar-refractivity contribution in [2.75, 3.05) is 10.6 Å². The summed E-state index contributed by atoms with van der Waals surface area (Å²) in [4.78, 5) is 0. The van der Waals surface area contributed by atoms with Crippen LogP contribution in [-0.4, -0.2) is 0 Å². The average Bonchev–Trinajstić information content (AvgIpc) is 3.01. The van der Waals surface area contributed by atoms with Crippen molar-refractivity contribution in [2.45, 2.75) is 19.0 Å². The van der Waals surface area contributed by atoms with Crippen LogP contribution in [0.25, 0.3) is 10.8 Å². The van der Waals surface area contributed by atoms with E-state index in [1.807, 2.05) is 0 Å². The maximum Gasteiger partial charge on any atom is 0.0400 e. The predicted octanol–water partition coefficient (Wildman–Crippen LogP) is 9.24. The van der Waals surface area contributed by atoms with Crippen molar-refractivity contribution in [1.29, 1.82) is 0 Å². The van der Waals surface area contributed by atoms with Crippen LogP contribution in [0.2, 0.25) is 0 Å². The number of fused-ring (bicyclic) bond motifs is 1. The van der Waals surface area contributed by atoms with E-state index in [9.17, 15) is 0 Å². The Morgan fingerprint density at radius 2 is 0.872 bits per heavy atom. The molecule has 0 atom stereocenters. The number of rotatable bonds is 9. The first kappa shape index (κ1) is 24.5. The van der Waals surface area contributed by atoms with Gasteiger partial charge in [0, 0.05) is 30.4 Å². The highest BCUT2D eigenvalue weighted by Crippen LogP contribution is 2.37. The second-order valence-electron chi connectivity index (χ2n) is 9.92. The summed E-state index contributed by atoms with van der Waals surface area (Å²) < 4.78 is 0. The number of nitrogens with one attached hydrogen (secondary N) is 2. The highest BCUT2D eigenvalue weighted by atomic mass is 14.9. The van der Waals surface area contributed by atoms with E-state index in [4.69, 9.17) is 0 Å². The third kappa shape index (κ3) is 5.86. The van der Waals surface area contributed by atoms with E-state index in [0.29, 0.717) is 0 Å². The van der Waals surface area contributed by atoms with Gasteiger partial charge >= 0.3 is 0 Å².